The van der Waals surface area contributed by atoms with Gasteiger partial charge < -0.3 is 0 Å². The van der Waals surface area contributed by atoms with Gasteiger partial charge in [-0.1, -0.05) is 0 Å². The third-order valence-corrected chi connectivity index (χ3v) is 3.50. The molecule has 0 saturated heterocycles. The Labute approximate surface area is 91.5 Å². The number of nitrogens with zero attached hydrogens (tertiary/aromatic N) is 3. The minimum absolute atomic E-state index is 0.0527. The topological polar surface area (TPSA) is 63.0 Å². The molecule has 0 aromatic carbocycles. The summed E-state index contributed by atoms with van der Waals surface area (Å²) in [4.78, 5) is 21.0. The van der Waals surface area contributed by atoms with Gasteiger partial charge in [-0.3, -0.25) is 9.89 Å². The molecule has 5 nitrogen and oxygen atoms in total. The minimum atomic E-state index is 0.0527. The average molecular weight is 216 g/mol. The van der Waals surface area contributed by atoms with Crippen molar-refractivity contribution in [3.05, 3.63) is 27.4 Å². The standard InChI is InChI=1S/C11H12N4O/c16-10-7-2-1-3-8(7)12-11-13-9(6-4-5-6)14-15(10)11/h6H,1-5H2,(H,12,13,14). The maximum Gasteiger partial charge on any atom is 0.277 e. The fourth-order valence-corrected chi connectivity index (χ4v) is 2.44. The van der Waals surface area contributed by atoms with E-state index in [1.54, 1.807) is 0 Å². The average Bonchev–Trinajstić information content (AvgIpc) is 2.87. The molecule has 5 heteroatoms. The summed E-state index contributed by atoms with van der Waals surface area (Å²) in [6.07, 6.45) is 5.18. The largest absolute Gasteiger partial charge is 0.277 e. The lowest BCUT2D eigenvalue weighted by atomic mass is 10.3. The molecule has 0 atom stereocenters. The molecule has 1 N–H and O–H groups in total. The van der Waals surface area contributed by atoms with E-state index in [4.69, 9.17) is 0 Å². The summed E-state index contributed by atoms with van der Waals surface area (Å²) in [6, 6.07) is 0. The molecular weight excluding hydrogens is 204 g/mol. The van der Waals surface area contributed by atoms with Gasteiger partial charge in [0.1, 0.15) is 5.82 Å². The number of nitrogens with one attached hydrogen (secondary N) is 1. The number of rotatable bonds is 1. The van der Waals surface area contributed by atoms with Gasteiger partial charge in [-0.05, 0) is 32.1 Å². The highest BCUT2D eigenvalue weighted by atomic mass is 16.1. The molecule has 0 spiro atoms. The summed E-state index contributed by atoms with van der Waals surface area (Å²) in [5.41, 5.74) is 1.89. The van der Waals surface area contributed by atoms with E-state index in [9.17, 15) is 4.79 Å². The predicted octanol–water partition coefficient (Wildman–Crippen LogP) is 0.784. The van der Waals surface area contributed by atoms with Crippen molar-refractivity contribution in [2.45, 2.75) is 38.0 Å². The maximum absolute atomic E-state index is 12.1. The molecule has 16 heavy (non-hydrogen) atoms. The Kier molecular flexibility index (Phi) is 1.45. The highest BCUT2D eigenvalue weighted by molar-refractivity contribution is 5.35. The number of hydrogen-bond acceptors (Lipinski definition) is 3. The third kappa shape index (κ3) is 1.03. The van der Waals surface area contributed by atoms with E-state index in [2.05, 4.69) is 15.1 Å². The van der Waals surface area contributed by atoms with E-state index < -0.39 is 0 Å². The highest BCUT2D eigenvalue weighted by Crippen LogP contribution is 2.37. The first kappa shape index (κ1) is 8.50. The van der Waals surface area contributed by atoms with Crippen molar-refractivity contribution < 1.29 is 0 Å². The fourth-order valence-electron chi connectivity index (χ4n) is 2.44. The first-order valence-electron chi connectivity index (χ1n) is 5.83. The second kappa shape index (κ2) is 2.72. The van der Waals surface area contributed by atoms with Gasteiger partial charge in [0.2, 0.25) is 0 Å². The number of aromatic nitrogens is 4. The Morgan fingerprint density at radius 3 is 2.94 bits per heavy atom. The van der Waals surface area contributed by atoms with E-state index in [1.165, 1.54) is 17.4 Å². The first-order chi connectivity index (χ1) is 7.83. The molecule has 4 rings (SSSR count). The number of H-pyrrole nitrogens is 1. The quantitative estimate of drug-likeness (QED) is 0.766. The molecule has 0 aliphatic heterocycles. The lowest BCUT2D eigenvalue weighted by molar-refractivity contribution is 0.832. The van der Waals surface area contributed by atoms with Crippen LogP contribution >= 0.6 is 0 Å². The Morgan fingerprint density at radius 2 is 2.12 bits per heavy atom. The molecule has 0 unspecified atom stereocenters. The minimum Gasteiger partial charge on any atom is -0.275 e. The number of aromatic amines is 1. The maximum atomic E-state index is 12.1. The predicted molar refractivity (Wildman–Crippen MR) is 57.6 cm³/mol. The van der Waals surface area contributed by atoms with Crippen molar-refractivity contribution in [1.29, 1.82) is 0 Å². The normalized spacial score (nSPS) is 19.2. The van der Waals surface area contributed by atoms with E-state index in [1.807, 2.05) is 0 Å². The van der Waals surface area contributed by atoms with Gasteiger partial charge in [0.25, 0.3) is 11.3 Å². The van der Waals surface area contributed by atoms with Gasteiger partial charge in [-0.2, -0.15) is 9.50 Å². The van der Waals surface area contributed by atoms with Crippen LogP contribution < -0.4 is 5.56 Å². The van der Waals surface area contributed by atoms with Crippen LogP contribution in [0.2, 0.25) is 0 Å². The van der Waals surface area contributed by atoms with Gasteiger partial charge in [0.05, 0.1) is 5.69 Å². The van der Waals surface area contributed by atoms with Crippen molar-refractivity contribution in [3.8, 4) is 0 Å². The zero-order valence-electron chi connectivity index (χ0n) is 8.86. The summed E-state index contributed by atoms with van der Waals surface area (Å²) in [5, 5.41) is 3.09. The number of fused-ring (bicyclic) bond motifs is 2. The van der Waals surface area contributed by atoms with Crippen LogP contribution in [-0.4, -0.2) is 19.6 Å². The van der Waals surface area contributed by atoms with Gasteiger partial charge in [-0.25, -0.2) is 4.98 Å². The monoisotopic (exact) mass is 216 g/mol. The lowest BCUT2D eigenvalue weighted by Gasteiger charge is -1.96. The van der Waals surface area contributed by atoms with Gasteiger partial charge in [0, 0.05) is 11.5 Å². The summed E-state index contributed by atoms with van der Waals surface area (Å²) >= 11 is 0. The van der Waals surface area contributed by atoms with Gasteiger partial charge >= 0.3 is 0 Å². The SMILES string of the molecule is O=c1c2c(nc3nc(C4CC4)[nH]n13)CCC2. The Bertz CT molecular complexity index is 635. The summed E-state index contributed by atoms with van der Waals surface area (Å²) in [6.45, 7) is 0. The van der Waals surface area contributed by atoms with Crippen LogP contribution in [0.5, 0.6) is 0 Å². The Morgan fingerprint density at radius 1 is 1.25 bits per heavy atom. The highest BCUT2D eigenvalue weighted by Gasteiger charge is 2.28. The third-order valence-electron chi connectivity index (χ3n) is 3.50. The number of aryl methyl sites for hydroxylation is 1. The summed E-state index contributed by atoms with van der Waals surface area (Å²) in [5.74, 6) is 2.00. The second-order valence-electron chi connectivity index (χ2n) is 4.71. The van der Waals surface area contributed by atoms with Crippen molar-refractivity contribution in [2.75, 3.05) is 0 Å². The zero-order chi connectivity index (χ0) is 10.7. The van der Waals surface area contributed by atoms with Gasteiger partial charge in [0.15, 0.2) is 0 Å². The molecule has 2 aromatic rings. The molecule has 1 saturated carbocycles. The van der Waals surface area contributed by atoms with E-state index in [0.717, 1.165) is 36.3 Å². The summed E-state index contributed by atoms with van der Waals surface area (Å²) < 4.78 is 1.51. The molecular formula is C11H12N4O. The first-order valence-corrected chi connectivity index (χ1v) is 5.83. The molecule has 2 aliphatic rings. The van der Waals surface area contributed by atoms with Crippen molar-refractivity contribution in [1.82, 2.24) is 19.6 Å². The van der Waals surface area contributed by atoms with Crippen molar-refractivity contribution >= 4 is 5.78 Å². The van der Waals surface area contributed by atoms with Crippen LogP contribution in [0.25, 0.3) is 5.78 Å². The molecule has 2 aromatic heterocycles. The molecule has 1 fully saturated rings. The van der Waals surface area contributed by atoms with E-state index >= 15 is 0 Å². The molecule has 2 aliphatic carbocycles. The molecule has 2 heterocycles. The molecule has 0 radical (unpaired) electrons. The summed E-state index contributed by atoms with van der Waals surface area (Å²) in [7, 11) is 0. The molecule has 82 valence electrons. The molecule has 0 amide bonds. The fraction of sp³-hybridized carbons (Fsp3) is 0.545. The van der Waals surface area contributed by atoms with Gasteiger partial charge in [-0.15, -0.1) is 0 Å². The zero-order valence-corrected chi connectivity index (χ0v) is 8.86. The van der Waals surface area contributed by atoms with E-state index in [0.29, 0.717) is 11.7 Å². The van der Waals surface area contributed by atoms with Crippen LogP contribution in [0.1, 0.15) is 42.3 Å². The Hall–Kier alpha value is -1.65. The van der Waals surface area contributed by atoms with Crippen LogP contribution in [0.4, 0.5) is 0 Å². The Balaban J connectivity index is 2.04. The van der Waals surface area contributed by atoms with Crippen LogP contribution in [0.15, 0.2) is 4.79 Å². The second-order valence-corrected chi connectivity index (χ2v) is 4.71. The van der Waals surface area contributed by atoms with Crippen molar-refractivity contribution in [3.63, 3.8) is 0 Å². The molecule has 0 bridgehead atoms. The lowest BCUT2D eigenvalue weighted by Crippen LogP contribution is -2.20. The van der Waals surface area contributed by atoms with Crippen LogP contribution in [0, 0.1) is 0 Å². The van der Waals surface area contributed by atoms with Crippen LogP contribution in [0.3, 0.4) is 0 Å². The number of hydrogen-bond donors (Lipinski definition) is 1. The smallest absolute Gasteiger partial charge is 0.275 e. The van der Waals surface area contributed by atoms with Crippen LogP contribution in [-0.2, 0) is 12.8 Å². The van der Waals surface area contributed by atoms with Crippen molar-refractivity contribution in [2.24, 2.45) is 0 Å². The van der Waals surface area contributed by atoms with E-state index in [-0.39, 0.29) is 5.56 Å².